The van der Waals surface area contributed by atoms with E-state index in [1.54, 1.807) is 0 Å². The molecule has 26 heavy (non-hydrogen) atoms. The minimum atomic E-state index is -1.82. The van der Waals surface area contributed by atoms with E-state index in [1.165, 1.54) is 57.8 Å². The van der Waals surface area contributed by atoms with E-state index in [-0.39, 0.29) is 17.2 Å². The molecule has 0 fully saturated rings. The number of hydrogen-bond donors (Lipinski definition) is 1. The van der Waals surface area contributed by atoms with E-state index in [9.17, 15) is 5.11 Å². The fourth-order valence-corrected chi connectivity index (χ4v) is 4.53. The van der Waals surface area contributed by atoms with E-state index >= 15 is 0 Å². The average molecular weight is 387 g/mol. The van der Waals surface area contributed by atoms with Crippen LogP contribution in [0.2, 0.25) is 18.1 Å². The van der Waals surface area contributed by atoms with E-state index in [2.05, 4.69) is 47.7 Å². The van der Waals surface area contributed by atoms with Gasteiger partial charge in [0, 0.05) is 0 Å². The Balaban J connectivity index is 4.29. The lowest BCUT2D eigenvalue weighted by atomic mass is 10.0. The predicted molar refractivity (Wildman–Crippen MR) is 119 cm³/mol. The molecule has 1 N–H and O–H groups in total. The van der Waals surface area contributed by atoms with Gasteiger partial charge in [-0.05, 0) is 31.0 Å². The molecular weight excluding hydrogens is 336 g/mol. The molecule has 0 saturated heterocycles. The topological polar surface area (TPSA) is 29.5 Å². The average Bonchev–Trinajstić information content (AvgIpc) is 2.56. The number of unbranched alkanes of at least 4 members (excludes halogenated alkanes) is 9. The van der Waals surface area contributed by atoms with E-state index in [0.29, 0.717) is 0 Å². The maximum Gasteiger partial charge on any atom is 0.192 e. The van der Waals surface area contributed by atoms with Crippen molar-refractivity contribution in [3.8, 4) is 0 Å². The summed E-state index contributed by atoms with van der Waals surface area (Å²) in [6.07, 6.45) is 16.0. The van der Waals surface area contributed by atoms with Crippen molar-refractivity contribution < 1.29 is 9.53 Å². The first-order chi connectivity index (χ1) is 12.2. The SMILES string of the molecule is CCCCCCCCCCC[C@H](O[Si](C)(C)C(C)(C)C)[C@H](O)CCCC. The second kappa shape index (κ2) is 14.2. The highest BCUT2D eigenvalue weighted by Crippen LogP contribution is 2.38. The molecule has 0 aromatic heterocycles. The molecule has 0 aliphatic heterocycles. The summed E-state index contributed by atoms with van der Waals surface area (Å²) in [6, 6.07) is 0. The first-order valence-electron chi connectivity index (χ1n) is 11.5. The van der Waals surface area contributed by atoms with Gasteiger partial charge in [0.15, 0.2) is 8.32 Å². The molecule has 3 heteroatoms. The van der Waals surface area contributed by atoms with Gasteiger partial charge in [-0.1, -0.05) is 105 Å². The third-order valence-electron chi connectivity index (χ3n) is 6.13. The van der Waals surface area contributed by atoms with Crippen molar-refractivity contribution in [1.29, 1.82) is 0 Å². The summed E-state index contributed by atoms with van der Waals surface area (Å²) in [5.74, 6) is 0. The second-order valence-corrected chi connectivity index (χ2v) is 14.5. The molecule has 0 unspecified atom stereocenters. The van der Waals surface area contributed by atoms with Crippen LogP contribution in [0.1, 0.15) is 118 Å². The van der Waals surface area contributed by atoms with Gasteiger partial charge in [-0.3, -0.25) is 0 Å². The molecule has 0 aromatic rings. The van der Waals surface area contributed by atoms with E-state index in [0.717, 1.165) is 25.7 Å². The maximum atomic E-state index is 10.7. The Labute approximate surface area is 166 Å². The minimum absolute atomic E-state index is 0.0343. The van der Waals surface area contributed by atoms with Gasteiger partial charge in [0.05, 0.1) is 12.2 Å². The molecule has 0 aliphatic carbocycles. The first kappa shape index (κ1) is 26.1. The van der Waals surface area contributed by atoms with Crippen LogP contribution in [-0.4, -0.2) is 25.6 Å². The first-order valence-corrected chi connectivity index (χ1v) is 14.4. The second-order valence-electron chi connectivity index (χ2n) is 9.74. The van der Waals surface area contributed by atoms with Crippen LogP contribution in [0, 0.1) is 0 Å². The number of hydrogen-bond acceptors (Lipinski definition) is 2. The van der Waals surface area contributed by atoms with E-state index in [4.69, 9.17) is 4.43 Å². The summed E-state index contributed by atoms with van der Waals surface area (Å²) < 4.78 is 6.62. The van der Waals surface area contributed by atoms with Crippen molar-refractivity contribution in [1.82, 2.24) is 0 Å². The molecule has 0 amide bonds. The predicted octanol–water partition coefficient (Wildman–Crippen LogP) is 7.85. The number of aliphatic hydroxyl groups excluding tert-OH is 1. The summed E-state index contributed by atoms with van der Waals surface area (Å²) >= 11 is 0. The van der Waals surface area contributed by atoms with E-state index < -0.39 is 8.32 Å². The van der Waals surface area contributed by atoms with Gasteiger partial charge < -0.3 is 9.53 Å². The molecule has 0 aromatic carbocycles. The van der Waals surface area contributed by atoms with Crippen LogP contribution in [0.4, 0.5) is 0 Å². The molecule has 0 rings (SSSR count). The van der Waals surface area contributed by atoms with Gasteiger partial charge in [-0.2, -0.15) is 0 Å². The highest BCUT2D eigenvalue weighted by molar-refractivity contribution is 6.74. The molecule has 2 atom stereocenters. The van der Waals surface area contributed by atoms with Gasteiger partial charge >= 0.3 is 0 Å². The van der Waals surface area contributed by atoms with Gasteiger partial charge in [0.25, 0.3) is 0 Å². The molecule has 158 valence electrons. The Morgan fingerprint density at radius 1 is 0.731 bits per heavy atom. The Kier molecular flexibility index (Phi) is 14.3. The van der Waals surface area contributed by atoms with Gasteiger partial charge in [-0.15, -0.1) is 0 Å². The zero-order chi connectivity index (χ0) is 20.1. The maximum absolute atomic E-state index is 10.7. The molecule has 0 spiro atoms. The number of aliphatic hydroxyl groups is 1. The van der Waals surface area contributed by atoms with Crippen molar-refractivity contribution in [3.05, 3.63) is 0 Å². The summed E-state index contributed by atoms with van der Waals surface area (Å²) in [5.41, 5.74) is 0. The van der Waals surface area contributed by atoms with Crippen LogP contribution in [0.25, 0.3) is 0 Å². The van der Waals surface area contributed by atoms with Crippen molar-refractivity contribution in [2.75, 3.05) is 0 Å². The summed E-state index contributed by atoms with van der Waals surface area (Å²) in [7, 11) is -1.82. The highest BCUT2D eigenvalue weighted by Gasteiger charge is 2.40. The van der Waals surface area contributed by atoms with Gasteiger partial charge in [0.2, 0.25) is 0 Å². The summed E-state index contributed by atoms with van der Waals surface area (Å²) in [4.78, 5) is 0. The molecule has 0 saturated carbocycles. The Hall–Kier alpha value is 0.137. The number of rotatable bonds is 16. The third kappa shape index (κ3) is 11.8. The standard InChI is InChI=1S/C23H50O2Si/c1-8-10-12-13-14-15-16-17-18-20-22(21(24)19-11-9-2)25-26(6,7)23(3,4)5/h21-22,24H,8-20H2,1-7H3/t21-,22+/m1/s1. The van der Waals surface area contributed by atoms with Crippen molar-refractivity contribution in [3.63, 3.8) is 0 Å². The van der Waals surface area contributed by atoms with Gasteiger partial charge in [0.1, 0.15) is 0 Å². The molecule has 0 bridgehead atoms. The van der Waals surface area contributed by atoms with Crippen molar-refractivity contribution in [2.45, 2.75) is 148 Å². The lowest BCUT2D eigenvalue weighted by Gasteiger charge is -2.40. The minimum Gasteiger partial charge on any atom is -0.411 e. The van der Waals surface area contributed by atoms with Crippen LogP contribution in [0.3, 0.4) is 0 Å². The van der Waals surface area contributed by atoms with Crippen LogP contribution < -0.4 is 0 Å². The highest BCUT2D eigenvalue weighted by atomic mass is 28.4. The summed E-state index contributed by atoms with van der Waals surface area (Å²) in [6.45, 7) is 15.9. The monoisotopic (exact) mass is 386 g/mol. The molecule has 0 radical (unpaired) electrons. The normalized spacial score (nSPS) is 15.2. The van der Waals surface area contributed by atoms with Gasteiger partial charge in [-0.25, -0.2) is 0 Å². The molecule has 0 aliphatic rings. The molecule has 0 heterocycles. The van der Waals surface area contributed by atoms with Crippen LogP contribution in [0.5, 0.6) is 0 Å². The largest absolute Gasteiger partial charge is 0.411 e. The zero-order valence-corrected chi connectivity index (χ0v) is 20.2. The quantitative estimate of drug-likeness (QED) is 0.216. The van der Waals surface area contributed by atoms with E-state index in [1.807, 2.05) is 0 Å². The van der Waals surface area contributed by atoms with Crippen LogP contribution in [-0.2, 0) is 4.43 Å². The van der Waals surface area contributed by atoms with Crippen molar-refractivity contribution >= 4 is 8.32 Å². The molecular formula is C23H50O2Si. The third-order valence-corrected chi connectivity index (χ3v) is 10.6. The lowest BCUT2D eigenvalue weighted by molar-refractivity contribution is 0.0150. The van der Waals surface area contributed by atoms with Crippen molar-refractivity contribution in [2.24, 2.45) is 0 Å². The smallest absolute Gasteiger partial charge is 0.192 e. The Bertz CT molecular complexity index is 323. The Morgan fingerprint density at radius 3 is 1.65 bits per heavy atom. The fraction of sp³-hybridized carbons (Fsp3) is 1.00. The lowest BCUT2D eigenvalue weighted by Crippen LogP contribution is -2.47. The van der Waals surface area contributed by atoms with Crippen LogP contribution >= 0.6 is 0 Å². The Morgan fingerprint density at radius 2 is 1.19 bits per heavy atom. The fourth-order valence-electron chi connectivity index (χ4n) is 3.14. The zero-order valence-electron chi connectivity index (χ0n) is 19.2. The van der Waals surface area contributed by atoms with Crippen LogP contribution in [0.15, 0.2) is 0 Å². The summed E-state index contributed by atoms with van der Waals surface area (Å²) in [5, 5.41) is 10.9. The molecule has 2 nitrogen and oxygen atoms in total.